The summed E-state index contributed by atoms with van der Waals surface area (Å²) in [7, 11) is 2.20. The summed E-state index contributed by atoms with van der Waals surface area (Å²) < 4.78 is 0. The minimum atomic E-state index is 0.260. The lowest BCUT2D eigenvalue weighted by molar-refractivity contribution is -0.132. The first-order chi connectivity index (χ1) is 11.7. The predicted molar refractivity (Wildman–Crippen MR) is 95.8 cm³/mol. The lowest BCUT2D eigenvalue weighted by atomic mass is 10.0. The summed E-state index contributed by atoms with van der Waals surface area (Å²) >= 11 is 0. The van der Waals surface area contributed by atoms with Crippen molar-refractivity contribution < 1.29 is 4.79 Å². The Balaban J connectivity index is 1.54. The van der Waals surface area contributed by atoms with Crippen LogP contribution >= 0.6 is 0 Å². The molecular weight excluding hydrogens is 298 g/mol. The molecule has 1 aromatic heterocycles. The van der Waals surface area contributed by atoms with Gasteiger partial charge in [0.2, 0.25) is 5.91 Å². The highest BCUT2D eigenvalue weighted by atomic mass is 16.2. The summed E-state index contributed by atoms with van der Waals surface area (Å²) in [6.45, 7) is 2.07. The molecule has 0 unspecified atom stereocenters. The molecule has 0 saturated carbocycles. The Labute approximate surface area is 143 Å². The molecule has 24 heavy (non-hydrogen) atoms. The minimum Gasteiger partial charge on any atom is -0.338 e. The molecule has 126 valence electrons. The van der Waals surface area contributed by atoms with E-state index in [1.807, 2.05) is 24.4 Å². The maximum Gasteiger partial charge on any atom is 0.227 e. The highest BCUT2D eigenvalue weighted by molar-refractivity contribution is 5.87. The van der Waals surface area contributed by atoms with E-state index in [1.165, 1.54) is 12.8 Å². The summed E-state index contributed by atoms with van der Waals surface area (Å²) in [5, 5.41) is 1.11. The molecular formula is C20H25N3O. The van der Waals surface area contributed by atoms with Crippen LogP contribution in [0.5, 0.6) is 0 Å². The van der Waals surface area contributed by atoms with Crippen LogP contribution in [0.4, 0.5) is 0 Å². The fourth-order valence-electron chi connectivity index (χ4n) is 4.50. The Hall–Kier alpha value is -1.94. The van der Waals surface area contributed by atoms with Gasteiger partial charge in [-0.25, -0.2) is 0 Å². The van der Waals surface area contributed by atoms with Gasteiger partial charge in [-0.15, -0.1) is 0 Å². The van der Waals surface area contributed by atoms with Crippen LogP contribution in [0.3, 0.4) is 0 Å². The second-order valence-electron chi connectivity index (χ2n) is 7.16. The third-order valence-corrected chi connectivity index (χ3v) is 5.70. The number of carbonyl (C=O) groups excluding carboxylic acids is 1. The Morgan fingerprint density at radius 2 is 1.92 bits per heavy atom. The van der Waals surface area contributed by atoms with Gasteiger partial charge in [0.25, 0.3) is 0 Å². The molecule has 0 spiro atoms. The molecule has 4 rings (SSSR count). The van der Waals surface area contributed by atoms with Crippen molar-refractivity contribution in [1.82, 2.24) is 14.8 Å². The number of likely N-dealkylation sites (N-methyl/N-ethyl adjacent to an activating group) is 1. The zero-order chi connectivity index (χ0) is 16.5. The largest absolute Gasteiger partial charge is 0.338 e. The Morgan fingerprint density at radius 3 is 2.75 bits per heavy atom. The maximum atomic E-state index is 13.0. The molecule has 2 aliphatic rings. The number of rotatable bonds is 3. The first kappa shape index (κ1) is 15.6. The highest BCUT2D eigenvalue weighted by Gasteiger charge is 2.38. The molecule has 0 bridgehead atoms. The summed E-state index contributed by atoms with van der Waals surface area (Å²) in [5.41, 5.74) is 2.01. The van der Waals surface area contributed by atoms with Gasteiger partial charge in [-0.1, -0.05) is 24.3 Å². The number of carbonyl (C=O) groups is 1. The molecule has 1 aromatic carbocycles. The number of fused-ring (bicyclic) bond motifs is 1. The normalized spacial score (nSPS) is 24.8. The van der Waals surface area contributed by atoms with Crippen LogP contribution in [0.1, 0.15) is 31.2 Å². The molecule has 4 heteroatoms. The molecule has 4 nitrogen and oxygen atoms in total. The van der Waals surface area contributed by atoms with E-state index in [0.29, 0.717) is 18.5 Å². The smallest absolute Gasteiger partial charge is 0.227 e. The maximum absolute atomic E-state index is 13.0. The van der Waals surface area contributed by atoms with Crippen LogP contribution in [0.25, 0.3) is 10.9 Å². The van der Waals surface area contributed by atoms with Gasteiger partial charge in [-0.05, 0) is 50.9 Å². The summed E-state index contributed by atoms with van der Waals surface area (Å²) in [4.78, 5) is 22.1. The number of nitrogens with zero attached hydrogens (tertiary/aromatic N) is 3. The van der Waals surface area contributed by atoms with Crippen LogP contribution in [-0.4, -0.2) is 52.9 Å². The van der Waals surface area contributed by atoms with E-state index >= 15 is 0 Å². The van der Waals surface area contributed by atoms with Gasteiger partial charge < -0.3 is 9.80 Å². The molecule has 2 aromatic rings. The van der Waals surface area contributed by atoms with E-state index in [0.717, 1.165) is 42.4 Å². The predicted octanol–water partition coefficient (Wildman–Crippen LogP) is 2.86. The van der Waals surface area contributed by atoms with Crippen LogP contribution in [0.2, 0.25) is 0 Å². The fourth-order valence-corrected chi connectivity index (χ4v) is 4.50. The van der Waals surface area contributed by atoms with Crippen LogP contribution in [-0.2, 0) is 11.2 Å². The van der Waals surface area contributed by atoms with E-state index in [2.05, 4.69) is 34.0 Å². The number of benzene rings is 1. The molecule has 0 radical (unpaired) electrons. The Kier molecular flexibility index (Phi) is 4.23. The van der Waals surface area contributed by atoms with E-state index in [9.17, 15) is 4.79 Å². The molecule has 2 saturated heterocycles. The average Bonchev–Trinajstić information content (AvgIpc) is 3.23. The first-order valence-corrected chi connectivity index (χ1v) is 9.06. The van der Waals surface area contributed by atoms with Crippen molar-refractivity contribution in [3.8, 4) is 0 Å². The number of para-hydroxylation sites is 1. The van der Waals surface area contributed by atoms with Gasteiger partial charge in [0.15, 0.2) is 0 Å². The van der Waals surface area contributed by atoms with Crippen molar-refractivity contribution in [2.45, 2.75) is 44.2 Å². The molecule has 0 aliphatic carbocycles. The SMILES string of the molecule is CN1CCC[C@@H]1[C@H]1CCCN1C(=O)Cc1cccc2cccnc12. The second kappa shape index (κ2) is 6.52. The molecule has 2 fully saturated rings. The number of hydrogen-bond acceptors (Lipinski definition) is 3. The van der Waals surface area contributed by atoms with Gasteiger partial charge in [0, 0.05) is 30.2 Å². The molecule has 1 amide bonds. The van der Waals surface area contributed by atoms with Gasteiger partial charge in [-0.2, -0.15) is 0 Å². The van der Waals surface area contributed by atoms with E-state index in [-0.39, 0.29) is 5.91 Å². The Bertz CT molecular complexity index is 739. The van der Waals surface area contributed by atoms with Crippen molar-refractivity contribution in [2.24, 2.45) is 0 Å². The lowest BCUT2D eigenvalue weighted by Gasteiger charge is -2.33. The third-order valence-electron chi connectivity index (χ3n) is 5.70. The zero-order valence-electron chi connectivity index (χ0n) is 14.3. The van der Waals surface area contributed by atoms with Crippen LogP contribution in [0, 0.1) is 0 Å². The minimum absolute atomic E-state index is 0.260. The summed E-state index contributed by atoms with van der Waals surface area (Å²) in [6.07, 6.45) is 7.03. The first-order valence-electron chi connectivity index (χ1n) is 9.06. The zero-order valence-corrected chi connectivity index (χ0v) is 14.3. The molecule has 2 aliphatic heterocycles. The topological polar surface area (TPSA) is 36.4 Å². The molecule has 2 atom stereocenters. The molecule has 0 N–H and O–H groups in total. The molecule has 3 heterocycles. The van der Waals surface area contributed by atoms with E-state index in [4.69, 9.17) is 0 Å². The number of amides is 1. The average molecular weight is 323 g/mol. The second-order valence-corrected chi connectivity index (χ2v) is 7.16. The number of aromatic nitrogens is 1. The van der Waals surface area contributed by atoms with Crippen LogP contribution in [0.15, 0.2) is 36.5 Å². The summed E-state index contributed by atoms with van der Waals surface area (Å²) in [5.74, 6) is 0.260. The number of pyridine rings is 1. The van der Waals surface area contributed by atoms with Crippen molar-refractivity contribution >= 4 is 16.8 Å². The van der Waals surface area contributed by atoms with Crippen molar-refractivity contribution in [3.63, 3.8) is 0 Å². The number of hydrogen-bond donors (Lipinski definition) is 0. The van der Waals surface area contributed by atoms with Crippen molar-refractivity contribution in [1.29, 1.82) is 0 Å². The highest BCUT2D eigenvalue weighted by Crippen LogP contribution is 2.29. The van der Waals surface area contributed by atoms with Gasteiger partial charge in [0.05, 0.1) is 11.9 Å². The number of likely N-dealkylation sites (tertiary alicyclic amines) is 2. The van der Waals surface area contributed by atoms with E-state index < -0.39 is 0 Å². The monoisotopic (exact) mass is 323 g/mol. The van der Waals surface area contributed by atoms with Crippen LogP contribution < -0.4 is 0 Å². The summed E-state index contributed by atoms with van der Waals surface area (Å²) in [6, 6.07) is 11.1. The van der Waals surface area contributed by atoms with Crippen molar-refractivity contribution in [2.75, 3.05) is 20.1 Å². The quantitative estimate of drug-likeness (QED) is 0.871. The van der Waals surface area contributed by atoms with Gasteiger partial charge in [-0.3, -0.25) is 9.78 Å². The Morgan fingerprint density at radius 1 is 1.12 bits per heavy atom. The lowest BCUT2D eigenvalue weighted by Crippen LogP contribution is -2.47. The van der Waals surface area contributed by atoms with Gasteiger partial charge in [0.1, 0.15) is 0 Å². The third kappa shape index (κ3) is 2.80. The standard InChI is InChI=1S/C20H25N3O/c1-22-12-4-9-17(22)18-10-5-13-23(18)19(24)14-16-7-2-6-15-8-3-11-21-20(15)16/h2-3,6-8,11,17-18H,4-5,9-10,12-14H2,1H3/t17-,18-/m1/s1. The van der Waals surface area contributed by atoms with Gasteiger partial charge >= 0.3 is 0 Å². The van der Waals surface area contributed by atoms with Crippen molar-refractivity contribution in [3.05, 3.63) is 42.1 Å². The van der Waals surface area contributed by atoms with E-state index in [1.54, 1.807) is 0 Å². The fraction of sp³-hybridized carbons (Fsp3) is 0.500.